The van der Waals surface area contributed by atoms with Crippen LogP contribution in [-0.2, 0) is 4.74 Å². The molecule has 0 bridgehead atoms. The molecule has 0 aromatic carbocycles. The van der Waals surface area contributed by atoms with Crippen molar-refractivity contribution in [3.8, 4) is 11.8 Å². The molecule has 22 heavy (non-hydrogen) atoms. The minimum absolute atomic E-state index is 0.622. The Bertz CT molecular complexity index is 749. The second-order valence-corrected chi connectivity index (χ2v) is 5.55. The Morgan fingerprint density at radius 1 is 1.59 bits per heavy atom. The van der Waals surface area contributed by atoms with E-state index in [4.69, 9.17) is 16.3 Å². The number of hydrogen-bond donors (Lipinski definition) is 3. The van der Waals surface area contributed by atoms with Gasteiger partial charge >= 0.3 is 5.69 Å². The van der Waals surface area contributed by atoms with E-state index in [0.717, 1.165) is 0 Å². The van der Waals surface area contributed by atoms with Crippen molar-refractivity contribution in [2.24, 2.45) is 0 Å². The molecular formula is C13H14ClFN2O5. The van der Waals surface area contributed by atoms with Gasteiger partial charge in [0, 0.05) is 0 Å². The molecule has 1 aromatic heterocycles. The van der Waals surface area contributed by atoms with Gasteiger partial charge in [-0.15, -0.1) is 5.92 Å². The van der Waals surface area contributed by atoms with E-state index in [1.54, 1.807) is 4.98 Å². The summed E-state index contributed by atoms with van der Waals surface area (Å²) in [4.78, 5) is 22.9. The summed E-state index contributed by atoms with van der Waals surface area (Å²) in [5.41, 5.74) is -2.16. The average Bonchev–Trinajstić information content (AvgIpc) is 2.68. The maximum absolute atomic E-state index is 13.5. The molecule has 0 saturated carbocycles. The van der Waals surface area contributed by atoms with Crippen LogP contribution in [0.1, 0.15) is 20.1 Å². The molecule has 120 valence electrons. The van der Waals surface area contributed by atoms with Crippen LogP contribution in [0.5, 0.6) is 0 Å². The fraction of sp³-hybridized carbons (Fsp3) is 0.538. The molecule has 1 fully saturated rings. The van der Waals surface area contributed by atoms with Crippen LogP contribution in [0.25, 0.3) is 0 Å². The number of hydrogen-bond acceptors (Lipinski definition) is 5. The molecule has 3 N–H and O–H groups in total. The van der Waals surface area contributed by atoms with Crippen molar-refractivity contribution in [3.63, 3.8) is 0 Å². The number of aliphatic hydroxyl groups excluding tert-OH is 2. The first-order valence-corrected chi connectivity index (χ1v) is 6.75. The molecule has 9 heteroatoms. The number of H-pyrrole nitrogens is 1. The summed E-state index contributed by atoms with van der Waals surface area (Å²) in [6.45, 7) is 2.82. The van der Waals surface area contributed by atoms with Gasteiger partial charge in [-0.25, -0.2) is 4.79 Å². The number of aromatic amines is 1. The number of nitrogens with zero attached hydrogens (tertiary/aromatic N) is 1. The van der Waals surface area contributed by atoms with E-state index in [9.17, 15) is 24.2 Å². The molecule has 0 aliphatic carbocycles. The molecule has 1 aliphatic rings. The van der Waals surface area contributed by atoms with Crippen molar-refractivity contribution in [3.05, 3.63) is 32.9 Å². The Morgan fingerprint density at radius 2 is 2.23 bits per heavy atom. The second-order valence-electron chi connectivity index (χ2n) is 4.93. The average molecular weight is 333 g/mol. The highest BCUT2D eigenvalue weighted by Gasteiger charge is 2.57. The quantitative estimate of drug-likeness (QED) is 0.491. The standard InChI is InChI=1S/C13H14ClFN2O5/c1-3-4-13(14)9(19)8(6(2)18)22-11(13)17-5-7(15)10(20)16-12(17)21/h5-6,8-9,11,18-19H,1-2H3,(H,16,20,21)/t6-,8+,9?,11+,13?/m0/s1. The first-order chi connectivity index (χ1) is 10.2. The van der Waals surface area contributed by atoms with Crippen LogP contribution in [0.2, 0.25) is 0 Å². The zero-order valence-electron chi connectivity index (χ0n) is 11.7. The van der Waals surface area contributed by atoms with E-state index in [1.165, 1.54) is 13.8 Å². The van der Waals surface area contributed by atoms with Gasteiger partial charge in [-0.3, -0.25) is 14.3 Å². The number of nitrogens with one attached hydrogen (secondary N) is 1. The minimum atomic E-state index is -1.79. The number of ether oxygens (including phenoxy) is 1. The highest BCUT2D eigenvalue weighted by atomic mass is 35.5. The van der Waals surface area contributed by atoms with E-state index in [-0.39, 0.29) is 0 Å². The van der Waals surface area contributed by atoms with Crippen molar-refractivity contribution in [1.82, 2.24) is 9.55 Å². The third-order valence-electron chi connectivity index (χ3n) is 3.36. The lowest BCUT2D eigenvalue weighted by molar-refractivity contribution is -0.0775. The van der Waals surface area contributed by atoms with Gasteiger partial charge in [-0.2, -0.15) is 4.39 Å². The zero-order valence-corrected chi connectivity index (χ0v) is 12.5. The first kappa shape index (κ1) is 16.7. The van der Waals surface area contributed by atoms with E-state index < -0.39 is 46.5 Å². The molecule has 1 aliphatic heterocycles. The Hall–Kier alpha value is -1.66. The molecule has 2 unspecified atom stereocenters. The maximum atomic E-state index is 13.5. The van der Waals surface area contributed by atoms with Crippen LogP contribution in [0.3, 0.4) is 0 Å². The lowest BCUT2D eigenvalue weighted by Gasteiger charge is -2.25. The molecule has 2 heterocycles. The topological polar surface area (TPSA) is 105 Å². The van der Waals surface area contributed by atoms with Crippen LogP contribution in [0.4, 0.5) is 4.39 Å². The summed E-state index contributed by atoms with van der Waals surface area (Å²) in [6.07, 6.45) is -4.45. The fourth-order valence-electron chi connectivity index (χ4n) is 2.32. The summed E-state index contributed by atoms with van der Waals surface area (Å²) in [6, 6.07) is 0. The summed E-state index contributed by atoms with van der Waals surface area (Å²) < 4.78 is 19.6. The number of halogens is 2. The molecular weight excluding hydrogens is 319 g/mol. The molecule has 5 atom stereocenters. The lowest BCUT2D eigenvalue weighted by Crippen LogP contribution is -2.45. The van der Waals surface area contributed by atoms with Gasteiger partial charge in [0.05, 0.1) is 12.3 Å². The van der Waals surface area contributed by atoms with E-state index in [0.29, 0.717) is 10.8 Å². The molecule has 7 nitrogen and oxygen atoms in total. The number of alkyl halides is 1. The van der Waals surface area contributed by atoms with Gasteiger partial charge in [-0.1, -0.05) is 17.5 Å². The number of aromatic nitrogens is 2. The normalized spacial score (nSPS) is 32.4. The summed E-state index contributed by atoms with van der Waals surface area (Å²) >= 11 is 6.29. The Labute approximate surface area is 129 Å². The van der Waals surface area contributed by atoms with Crippen LogP contribution in [0.15, 0.2) is 15.8 Å². The number of rotatable bonds is 2. The van der Waals surface area contributed by atoms with Gasteiger partial charge in [0.25, 0.3) is 5.56 Å². The Balaban J connectivity index is 2.61. The first-order valence-electron chi connectivity index (χ1n) is 6.37. The summed E-state index contributed by atoms with van der Waals surface area (Å²) in [7, 11) is 0. The van der Waals surface area contributed by atoms with Crippen molar-refractivity contribution in [2.45, 2.75) is 43.3 Å². The minimum Gasteiger partial charge on any atom is -0.391 e. The van der Waals surface area contributed by atoms with Crippen molar-refractivity contribution < 1.29 is 19.3 Å². The molecule has 0 radical (unpaired) electrons. The van der Waals surface area contributed by atoms with Crippen molar-refractivity contribution in [1.29, 1.82) is 0 Å². The van der Waals surface area contributed by atoms with E-state index in [1.807, 2.05) is 0 Å². The van der Waals surface area contributed by atoms with Gasteiger partial charge in [-0.05, 0) is 13.8 Å². The van der Waals surface area contributed by atoms with Crippen molar-refractivity contribution >= 4 is 11.6 Å². The smallest absolute Gasteiger partial charge is 0.330 e. The van der Waals surface area contributed by atoms with Crippen LogP contribution in [-0.4, -0.2) is 43.0 Å². The fourth-order valence-corrected chi connectivity index (χ4v) is 2.69. The van der Waals surface area contributed by atoms with Gasteiger partial charge in [0.2, 0.25) is 5.82 Å². The van der Waals surface area contributed by atoms with Gasteiger partial charge < -0.3 is 14.9 Å². The monoisotopic (exact) mass is 332 g/mol. The predicted octanol–water partition coefficient (Wildman–Crippen LogP) is -0.684. The molecule has 0 amide bonds. The lowest BCUT2D eigenvalue weighted by atomic mass is 9.96. The zero-order chi connectivity index (χ0) is 16.7. The van der Waals surface area contributed by atoms with Gasteiger partial charge in [0.15, 0.2) is 11.1 Å². The van der Waals surface area contributed by atoms with Crippen LogP contribution < -0.4 is 11.2 Å². The third kappa shape index (κ3) is 2.57. The maximum Gasteiger partial charge on any atom is 0.330 e. The van der Waals surface area contributed by atoms with Crippen LogP contribution >= 0.6 is 11.6 Å². The molecule has 0 spiro atoms. The SMILES string of the molecule is CC#CC1(Cl)C(O)[C@@H]([C@H](C)O)O[C@H]1n1cc(F)c(=O)[nH]c1=O. The molecule has 1 aromatic rings. The highest BCUT2D eigenvalue weighted by molar-refractivity contribution is 6.27. The highest BCUT2D eigenvalue weighted by Crippen LogP contribution is 2.43. The second kappa shape index (κ2) is 5.85. The van der Waals surface area contributed by atoms with Gasteiger partial charge in [0.1, 0.15) is 12.2 Å². The van der Waals surface area contributed by atoms with E-state index >= 15 is 0 Å². The molecule has 1 saturated heterocycles. The molecule has 2 rings (SSSR count). The number of aliphatic hydroxyl groups is 2. The summed E-state index contributed by atoms with van der Waals surface area (Å²) in [5, 5.41) is 19.9. The summed E-state index contributed by atoms with van der Waals surface area (Å²) in [5.74, 6) is 3.80. The Morgan fingerprint density at radius 3 is 2.77 bits per heavy atom. The third-order valence-corrected chi connectivity index (χ3v) is 3.86. The largest absolute Gasteiger partial charge is 0.391 e. The predicted molar refractivity (Wildman–Crippen MR) is 74.9 cm³/mol. The van der Waals surface area contributed by atoms with Crippen LogP contribution in [0, 0.1) is 17.7 Å². The van der Waals surface area contributed by atoms with Crippen molar-refractivity contribution in [2.75, 3.05) is 0 Å². The Kier molecular flexibility index (Phi) is 4.44. The van der Waals surface area contributed by atoms with E-state index in [2.05, 4.69) is 11.8 Å².